The number of hydrogen-bond donors (Lipinski definition) is 1. The van der Waals surface area contributed by atoms with Crippen LogP contribution in [-0.4, -0.2) is 42.1 Å². The fourth-order valence-electron chi connectivity index (χ4n) is 4.04. The molecule has 1 aliphatic heterocycles. The summed E-state index contributed by atoms with van der Waals surface area (Å²) in [5.74, 6) is -2.03. The second-order valence-corrected chi connectivity index (χ2v) is 8.23. The van der Waals surface area contributed by atoms with Gasteiger partial charge in [-0.15, -0.1) is 0 Å². The highest BCUT2D eigenvalue weighted by Crippen LogP contribution is 2.35. The van der Waals surface area contributed by atoms with Crippen molar-refractivity contribution in [2.75, 3.05) is 41.3 Å². The molecule has 5 rings (SSSR count). The Bertz CT molecular complexity index is 1320. The maximum Gasteiger partial charge on any atom is 0.452 e. The molecule has 0 saturated carbocycles. The van der Waals surface area contributed by atoms with Crippen molar-refractivity contribution in [3.8, 4) is 11.5 Å². The van der Waals surface area contributed by atoms with Gasteiger partial charge in [0.2, 0.25) is 11.7 Å². The maximum atomic E-state index is 13.5. The second kappa shape index (κ2) is 9.73. The molecule has 2 aromatic heterocycles. The van der Waals surface area contributed by atoms with E-state index in [0.717, 1.165) is 32.0 Å². The van der Waals surface area contributed by atoms with Gasteiger partial charge in [-0.3, -0.25) is 4.79 Å². The maximum absolute atomic E-state index is 13.5. The Morgan fingerprint density at radius 1 is 0.861 bits per heavy atom. The monoisotopic (exact) mass is 493 g/mol. The highest BCUT2D eigenvalue weighted by atomic mass is 19.4. The number of nitrogens with one attached hydrogen (secondary N) is 1. The van der Waals surface area contributed by atoms with Crippen molar-refractivity contribution < 1.29 is 22.4 Å². The van der Waals surface area contributed by atoms with Gasteiger partial charge in [0.15, 0.2) is 5.69 Å². The first-order chi connectivity index (χ1) is 17.4. The number of rotatable bonds is 5. The molecule has 1 aliphatic rings. The molecule has 1 saturated heterocycles. The molecule has 4 aromatic rings. The lowest BCUT2D eigenvalue weighted by molar-refractivity contribution is -0.153. The molecule has 0 aliphatic carbocycles. The number of amides is 1. The van der Waals surface area contributed by atoms with Gasteiger partial charge in [0.1, 0.15) is 5.82 Å². The Morgan fingerprint density at radius 3 is 2.11 bits per heavy atom. The zero-order chi connectivity index (χ0) is 25.1. The highest BCUT2D eigenvalue weighted by molar-refractivity contribution is 6.04. The SMILES string of the molecule is O=C(Nc1ccc(N2CCN(c3ccccc3)CC2)nc1)c1nc(-c2ccccc2)oc1C(F)(F)F. The predicted octanol–water partition coefficient (Wildman–Crippen LogP) is 5.33. The molecular formula is C26H22F3N5O2. The first kappa shape index (κ1) is 23.4. The molecule has 0 radical (unpaired) electrons. The summed E-state index contributed by atoms with van der Waals surface area (Å²) in [6, 6.07) is 21.6. The van der Waals surface area contributed by atoms with Gasteiger partial charge in [-0.2, -0.15) is 13.2 Å². The van der Waals surface area contributed by atoms with Gasteiger partial charge in [-0.1, -0.05) is 36.4 Å². The van der Waals surface area contributed by atoms with Crippen LogP contribution in [-0.2, 0) is 6.18 Å². The van der Waals surface area contributed by atoms with E-state index >= 15 is 0 Å². The van der Waals surface area contributed by atoms with E-state index in [4.69, 9.17) is 4.42 Å². The zero-order valence-corrected chi connectivity index (χ0v) is 19.1. The van der Waals surface area contributed by atoms with Crippen LogP contribution in [0.2, 0.25) is 0 Å². The Morgan fingerprint density at radius 2 is 1.50 bits per heavy atom. The summed E-state index contributed by atoms with van der Waals surface area (Å²) in [5.41, 5.74) is 0.927. The number of hydrogen-bond acceptors (Lipinski definition) is 6. The number of benzene rings is 2. The van der Waals surface area contributed by atoms with E-state index in [1.807, 2.05) is 18.2 Å². The van der Waals surface area contributed by atoms with Crippen molar-refractivity contribution in [3.63, 3.8) is 0 Å². The van der Waals surface area contributed by atoms with Gasteiger partial charge in [0.05, 0.1) is 11.9 Å². The third-order valence-electron chi connectivity index (χ3n) is 5.85. The number of aromatic nitrogens is 2. The number of halogens is 3. The Hall–Kier alpha value is -4.34. The van der Waals surface area contributed by atoms with Crippen molar-refractivity contribution in [1.29, 1.82) is 0 Å². The third-order valence-corrected chi connectivity index (χ3v) is 5.85. The first-order valence-electron chi connectivity index (χ1n) is 11.3. The van der Waals surface area contributed by atoms with Crippen LogP contribution in [0.3, 0.4) is 0 Å². The summed E-state index contributed by atoms with van der Waals surface area (Å²) < 4.78 is 45.5. The summed E-state index contributed by atoms with van der Waals surface area (Å²) in [4.78, 5) is 25.4. The van der Waals surface area contributed by atoms with Gasteiger partial charge in [-0.25, -0.2) is 9.97 Å². The first-order valence-corrected chi connectivity index (χ1v) is 11.3. The number of pyridine rings is 1. The van der Waals surface area contributed by atoms with Gasteiger partial charge in [-0.05, 0) is 36.4 Å². The summed E-state index contributed by atoms with van der Waals surface area (Å²) >= 11 is 0. The Kier molecular flexibility index (Phi) is 6.32. The predicted molar refractivity (Wildman–Crippen MR) is 130 cm³/mol. The molecule has 36 heavy (non-hydrogen) atoms. The third kappa shape index (κ3) is 5.02. The minimum absolute atomic E-state index is 0.254. The summed E-state index contributed by atoms with van der Waals surface area (Å²) in [6.07, 6.45) is -3.46. The molecule has 0 spiro atoms. The lowest BCUT2D eigenvalue weighted by atomic mass is 10.2. The lowest BCUT2D eigenvalue weighted by Crippen LogP contribution is -2.46. The van der Waals surface area contributed by atoms with Crippen LogP contribution in [0.5, 0.6) is 0 Å². The largest absolute Gasteiger partial charge is 0.452 e. The number of carbonyl (C=O) groups excluding carboxylic acids is 1. The molecule has 1 amide bonds. The van der Waals surface area contributed by atoms with E-state index in [1.165, 1.54) is 11.9 Å². The van der Waals surface area contributed by atoms with Gasteiger partial charge in [0.25, 0.3) is 5.91 Å². The minimum atomic E-state index is -4.88. The summed E-state index contributed by atoms with van der Waals surface area (Å²) in [5, 5.41) is 2.44. The van der Waals surface area contributed by atoms with Crippen molar-refractivity contribution in [2.24, 2.45) is 0 Å². The van der Waals surface area contributed by atoms with E-state index in [1.54, 1.807) is 42.5 Å². The minimum Gasteiger partial charge on any atom is -0.431 e. The van der Waals surface area contributed by atoms with Crippen LogP contribution in [0.4, 0.5) is 30.4 Å². The molecule has 10 heteroatoms. The molecule has 1 N–H and O–H groups in total. The number of anilines is 3. The van der Waals surface area contributed by atoms with Crippen molar-refractivity contribution >= 4 is 23.1 Å². The summed E-state index contributed by atoms with van der Waals surface area (Å²) in [6.45, 7) is 3.20. The van der Waals surface area contributed by atoms with Crippen molar-refractivity contribution in [1.82, 2.24) is 9.97 Å². The fourth-order valence-corrected chi connectivity index (χ4v) is 4.04. The number of para-hydroxylation sites is 1. The average molecular weight is 493 g/mol. The Labute approximate surface area is 205 Å². The van der Waals surface area contributed by atoms with Crippen LogP contribution in [0.15, 0.2) is 83.4 Å². The molecule has 184 valence electrons. The zero-order valence-electron chi connectivity index (χ0n) is 19.1. The van der Waals surface area contributed by atoms with Crippen LogP contribution in [0.25, 0.3) is 11.5 Å². The average Bonchev–Trinajstić information content (AvgIpc) is 3.37. The highest BCUT2D eigenvalue weighted by Gasteiger charge is 2.42. The molecule has 0 atom stereocenters. The molecule has 0 bridgehead atoms. The van der Waals surface area contributed by atoms with Gasteiger partial charge in [0, 0.05) is 37.4 Å². The molecule has 1 fully saturated rings. The quantitative estimate of drug-likeness (QED) is 0.405. The smallest absolute Gasteiger partial charge is 0.431 e. The molecule has 7 nitrogen and oxygen atoms in total. The van der Waals surface area contributed by atoms with Crippen molar-refractivity contribution in [2.45, 2.75) is 6.18 Å². The number of oxazole rings is 1. The van der Waals surface area contributed by atoms with Crippen LogP contribution in [0, 0.1) is 0 Å². The Balaban J connectivity index is 1.27. The molecule has 2 aromatic carbocycles. The van der Waals surface area contributed by atoms with Gasteiger partial charge >= 0.3 is 6.18 Å². The molecule has 0 unspecified atom stereocenters. The molecular weight excluding hydrogens is 471 g/mol. The standard InChI is InChI=1S/C26H22F3N5O2/c27-26(28,29)23-22(32-25(36-23)18-7-3-1-4-8-18)24(35)31-19-11-12-21(30-17-19)34-15-13-33(14-16-34)20-9-5-2-6-10-20/h1-12,17H,13-16H2,(H,31,35). The van der Waals surface area contributed by atoms with E-state index in [2.05, 4.69) is 37.2 Å². The van der Waals surface area contributed by atoms with E-state index in [9.17, 15) is 18.0 Å². The normalized spacial score (nSPS) is 14.1. The molecule has 3 heterocycles. The number of alkyl halides is 3. The van der Waals surface area contributed by atoms with E-state index < -0.39 is 23.5 Å². The number of nitrogens with zero attached hydrogens (tertiary/aromatic N) is 4. The van der Waals surface area contributed by atoms with E-state index in [0.29, 0.717) is 5.56 Å². The lowest BCUT2D eigenvalue weighted by Gasteiger charge is -2.36. The van der Waals surface area contributed by atoms with Crippen molar-refractivity contribution in [3.05, 3.63) is 90.4 Å². The summed E-state index contributed by atoms with van der Waals surface area (Å²) in [7, 11) is 0. The topological polar surface area (TPSA) is 74.5 Å². The number of carbonyl (C=O) groups is 1. The second-order valence-electron chi connectivity index (χ2n) is 8.23. The van der Waals surface area contributed by atoms with E-state index in [-0.39, 0.29) is 11.6 Å². The van der Waals surface area contributed by atoms with Crippen LogP contribution in [0.1, 0.15) is 16.2 Å². The fraction of sp³-hybridized carbons (Fsp3) is 0.192. The van der Waals surface area contributed by atoms with Crippen LogP contribution < -0.4 is 15.1 Å². The van der Waals surface area contributed by atoms with Crippen LogP contribution >= 0.6 is 0 Å². The van der Waals surface area contributed by atoms with Gasteiger partial charge < -0.3 is 19.5 Å². The number of piperazine rings is 1.